The Hall–Kier alpha value is -4.98. The number of fused-ring (bicyclic) bond motifs is 4. The van der Waals surface area contributed by atoms with E-state index in [1.165, 1.54) is 41.5 Å². The lowest BCUT2D eigenvalue weighted by Crippen LogP contribution is -2.30. The highest BCUT2D eigenvalue weighted by Crippen LogP contribution is 2.35. The molecule has 1 aliphatic rings. The van der Waals surface area contributed by atoms with Crippen LogP contribution in [0.5, 0.6) is 0 Å². The molecule has 43 heavy (non-hydrogen) atoms. The van der Waals surface area contributed by atoms with Crippen molar-refractivity contribution in [2.75, 3.05) is 12.4 Å². The molecule has 3 heterocycles. The van der Waals surface area contributed by atoms with Gasteiger partial charge in [-0.05, 0) is 59.7 Å². The Morgan fingerprint density at radius 1 is 1.19 bits per heavy atom. The number of carbonyl (C=O) groups is 3. The van der Waals surface area contributed by atoms with Gasteiger partial charge in [0.2, 0.25) is 11.7 Å². The van der Waals surface area contributed by atoms with Crippen LogP contribution < -0.4 is 10.6 Å². The number of aromatic amines is 1. The van der Waals surface area contributed by atoms with E-state index in [1.54, 1.807) is 24.3 Å². The molecule has 0 fully saturated rings. The third-order valence-electron chi connectivity index (χ3n) is 6.79. The minimum absolute atomic E-state index is 0.0156. The molecule has 2 bridgehead atoms. The first-order valence-corrected chi connectivity index (χ1v) is 13.5. The van der Waals surface area contributed by atoms with E-state index in [0.29, 0.717) is 34.2 Å². The van der Waals surface area contributed by atoms with Crippen molar-refractivity contribution in [3.05, 3.63) is 77.0 Å². The SMILES string of the molecule is COC(=O)Nc1ccc2c(c1)C(=O)C(F)(F)CCCC[C@H](NC(=O)C=Cc1cc(Cl)ccc1-n1cnnn1)c1ncc-2[nH]1. The molecule has 5 rings (SSSR count). The summed E-state index contributed by atoms with van der Waals surface area (Å²) < 4.78 is 36.1. The number of H-pyrrole nitrogens is 1. The first-order chi connectivity index (χ1) is 20.6. The molecule has 2 aromatic carbocycles. The number of nitrogens with one attached hydrogen (secondary N) is 3. The third-order valence-corrected chi connectivity index (χ3v) is 7.03. The second-order valence-electron chi connectivity index (χ2n) is 9.69. The van der Waals surface area contributed by atoms with Gasteiger partial charge >= 0.3 is 12.0 Å². The van der Waals surface area contributed by atoms with Crippen LogP contribution in [0.25, 0.3) is 23.0 Å². The fourth-order valence-electron chi connectivity index (χ4n) is 4.67. The fourth-order valence-corrected chi connectivity index (χ4v) is 4.85. The average molecular weight is 611 g/mol. The van der Waals surface area contributed by atoms with Crippen LogP contribution in [-0.4, -0.2) is 61.0 Å². The standard InChI is InChI=1S/C28H25ClF2N8O4/c1-43-27(42)34-18-7-8-19-20(13-18)25(41)28(30,31)11-3-2-4-21(26-32-14-22(19)36-26)35-24(40)10-5-16-12-17(29)6-9-23(16)39-15-33-37-38-39/h5-10,12-15,21H,2-4,11H2,1H3,(H,32,36)(H,34,42)(H,35,40)/t21-/m0/s1. The number of hydrogen-bond donors (Lipinski definition) is 3. The van der Waals surface area contributed by atoms with Crippen LogP contribution in [0, 0.1) is 0 Å². The first kappa shape index (κ1) is 29.5. The number of imidazole rings is 1. The molecule has 4 aromatic rings. The van der Waals surface area contributed by atoms with Crippen LogP contribution in [0.2, 0.25) is 5.02 Å². The summed E-state index contributed by atoms with van der Waals surface area (Å²) in [7, 11) is 1.16. The molecule has 1 atom stereocenters. The molecule has 0 spiro atoms. The predicted octanol–water partition coefficient (Wildman–Crippen LogP) is 5.15. The van der Waals surface area contributed by atoms with E-state index < -0.39 is 36.2 Å². The Morgan fingerprint density at radius 2 is 2.02 bits per heavy atom. The highest BCUT2D eigenvalue weighted by molar-refractivity contribution is 6.30. The zero-order chi connectivity index (χ0) is 30.6. The summed E-state index contributed by atoms with van der Waals surface area (Å²) in [5, 5.41) is 16.8. The zero-order valence-corrected chi connectivity index (χ0v) is 23.4. The number of tetrazole rings is 1. The van der Waals surface area contributed by atoms with E-state index in [9.17, 15) is 14.4 Å². The van der Waals surface area contributed by atoms with Gasteiger partial charge in [0, 0.05) is 39.9 Å². The number of carbonyl (C=O) groups excluding carboxylic acids is 3. The van der Waals surface area contributed by atoms with Crippen molar-refractivity contribution < 1.29 is 27.9 Å². The van der Waals surface area contributed by atoms with Crippen molar-refractivity contribution >= 4 is 41.1 Å². The molecule has 12 nitrogen and oxygen atoms in total. The van der Waals surface area contributed by atoms with Gasteiger partial charge in [-0.2, -0.15) is 13.5 Å². The lowest BCUT2D eigenvalue weighted by Gasteiger charge is -2.20. The Labute approximate surface area is 248 Å². The first-order valence-electron chi connectivity index (χ1n) is 13.1. The molecule has 0 aliphatic carbocycles. The average Bonchev–Trinajstić information content (AvgIpc) is 3.70. The number of alkyl halides is 2. The molecular formula is C28H25ClF2N8O4. The van der Waals surface area contributed by atoms with Gasteiger partial charge in [0.25, 0.3) is 0 Å². The lowest BCUT2D eigenvalue weighted by atomic mass is 9.94. The molecule has 2 amide bonds. The number of halogens is 3. The number of amides is 2. The summed E-state index contributed by atoms with van der Waals surface area (Å²) in [6.45, 7) is 0. The topological polar surface area (TPSA) is 157 Å². The second kappa shape index (κ2) is 12.5. The van der Waals surface area contributed by atoms with E-state index >= 15 is 8.78 Å². The van der Waals surface area contributed by atoms with E-state index in [1.807, 2.05) is 0 Å². The molecule has 222 valence electrons. The number of benzene rings is 2. The summed E-state index contributed by atoms with van der Waals surface area (Å²) in [5.41, 5.74) is 1.46. The molecule has 0 saturated heterocycles. The maximum Gasteiger partial charge on any atom is 0.411 e. The van der Waals surface area contributed by atoms with Crippen molar-refractivity contribution in [2.45, 2.75) is 37.6 Å². The van der Waals surface area contributed by atoms with Crippen LogP contribution in [0.3, 0.4) is 0 Å². The van der Waals surface area contributed by atoms with Gasteiger partial charge in [-0.15, -0.1) is 5.10 Å². The van der Waals surface area contributed by atoms with Crippen molar-refractivity contribution in [3.63, 3.8) is 0 Å². The third kappa shape index (κ3) is 6.75. The fraction of sp³-hybridized carbons (Fsp3) is 0.250. The highest BCUT2D eigenvalue weighted by Gasteiger charge is 2.40. The van der Waals surface area contributed by atoms with Crippen LogP contribution in [0.4, 0.5) is 19.3 Å². The van der Waals surface area contributed by atoms with Crippen molar-refractivity contribution in [2.24, 2.45) is 0 Å². The smallest absolute Gasteiger partial charge is 0.411 e. The monoisotopic (exact) mass is 610 g/mol. The molecule has 15 heteroatoms. The molecular weight excluding hydrogens is 586 g/mol. The highest BCUT2D eigenvalue weighted by atomic mass is 35.5. The molecule has 0 saturated carbocycles. The molecule has 2 aromatic heterocycles. The van der Waals surface area contributed by atoms with Gasteiger partial charge in [-0.25, -0.2) is 9.78 Å². The Morgan fingerprint density at radius 3 is 2.79 bits per heavy atom. The van der Waals surface area contributed by atoms with E-state index in [0.717, 1.165) is 7.11 Å². The van der Waals surface area contributed by atoms with E-state index in [4.69, 9.17) is 11.6 Å². The maximum atomic E-state index is 15.1. The number of hydrogen-bond acceptors (Lipinski definition) is 8. The number of nitrogens with zero attached hydrogens (tertiary/aromatic N) is 5. The number of anilines is 1. The number of ether oxygens (including phenoxy) is 1. The number of rotatable bonds is 5. The van der Waals surface area contributed by atoms with Gasteiger partial charge in [-0.1, -0.05) is 24.1 Å². The van der Waals surface area contributed by atoms with Gasteiger partial charge in [0.15, 0.2) is 0 Å². The predicted molar refractivity (Wildman–Crippen MR) is 152 cm³/mol. The summed E-state index contributed by atoms with van der Waals surface area (Å²) >= 11 is 6.16. The number of ketones is 1. The van der Waals surface area contributed by atoms with Crippen LogP contribution >= 0.6 is 11.6 Å². The van der Waals surface area contributed by atoms with Crippen LogP contribution in [-0.2, 0) is 9.53 Å². The van der Waals surface area contributed by atoms with E-state index in [-0.39, 0.29) is 29.7 Å². The number of Topliss-reactive ketones (excluding diaryl/α,β-unsaturated/α-hetero) is 1. The largest absolute Gasteiger partial charge is 0.453 e. The van der Waals surface area contributed by atoms with Gasteiger partial charge in [0.05, 0.1) is 30.7 Å². The van der Waals surface area contributed by atoms with Crippen LogP contribution in [0.15, 0.2) is 55.0 Å². The Balaban J connectivity index is 1.43. The van der Waals surface area contributed by atoms with Crippen molar-refractivity contribution in [1.82, 2.24) is 35.5 Å². The summed E-state index contributed by atoms with van der Waals surface area (Å²) in [5.74, 6) is -5.10. The summed E-state index contributed by atoms with van der Waals surface area (Å²) in [4.78, 5) is 45.2. The normalized spacial score (nSPS) is 16.6. The number of aromatic nitrogens is 6. The molecule has 0 radical (unpaired) electrons. The molecule has 0 unspecified atom stereocenters. The van der Waals surface area contributed by atoms with Gasteiger partial charge in [0.1, 0.15) is 12.2 Å². The minimum Gasteiger partial charge on any atom is -0.453 e. The lowest BCUT2D eigenvalue weighted by molar-refractivity contribution is -0.117. The summed E-state index contributed by atoms with van der Waals surface area (Å²) in [6.07, 6.45) is 4.78. The Kier molecular flexibility index (Phi) is 8.57. The van der Waals surface area contributed by atoms with Crippen molar-refractivity contribution in [3.8, 4) is 16.9 Å². The van der Waals surface area contributed by atoms with Crippen LogP contribution in [0.1, 0.15) is 53.5 Å². The minimum atomic E-state index is -3.66. The van der Waals surface area contributed by atoms with Gasteiger partial charge in [-0.3, -0.25) is 14.9 Å². The maximum absolute atomic E-state index is 15.1. The zero-order valence-electron chi connectivity index (χ0n) is 22.7. The number of methoxy groups -OCH3 is 1. The molecule has 3 N–H and O–H groups in total. The Bertz CT molecular complexity index is 1690. The van der Waals surface area contributed by atoms with E-state index in [2.05, 4.69) is 40.9 Å². The van der Waals surface area contributed by atoms with Gasteiger partial charge < -0.3 is 15.0 Å². The van der Waals surface area contributed by atoms with Crippen molar-refractivity contribution in [1.29, 1.82) is 0 Å². The molecule has 1 aliphatic heterocycles. The second-order valence-corrected chi connectivity index (χ2v) is 10.1. The summed E-state index contributed by atoms with van der Waals surface area (Å²) in [6, 6.07) is 8.46. The quantitative estimate of drug-likeness (QED) is 0.262.